The number of hydrogen-bond acceptors (Lipinski definition) is 3. The quantitative estimate of drug-likeness (QED) is 0.344. The maximum absolute atomic E-state index is 12.8. The summed E-state index contributed by atoms with van der Waals surface area (Å²) in [5.74, 6) is 0.143. The van der Waals surface area contributed by atoms with Crippen LogP contribution in [0, 0.1) is 6.92 Å². The molecular formula is C22H15BrCl2N4O. The van der Waals surface area contributed by atoms with Gasteiger partial charge in [0.15, 0.2) is 5.82 Å². The highest BCUT2D eigenvalue weighted by Crippen LogP contribution is 2.27. The van der Waals surface area contributed by atoms with Crippen molar-refractivity contribution in [3.8, 4) is 17.1 Å². The van der Waals surface area contributed by atoms with Gasteiger partial charge in [0.1, 0.15) is 0 Å². The summed E-state index contributed by atoms with van der Waals surface area (Å²) < 4.78 is 2.44. The number of amides is 1. The second-order valence-electron chi connectivity index (χ2n) is 6.60. The zero-order valence-electron chi connectivity index (χ0n) is 15.7. The van der Waals surface area contributed by atoms with Gasteiger partial charge in [-0.3, -0.25) is 4.79 Å². The first-order valence-electron chi connectivity index (χ1n) is 8.97. The number of nitrogens with zero attached hydrogens (tertiary/aromatic N) is 3. The van der Waals surface area contributed by atoms with E-state index < -0.39 is 5.91 Å². The van der Waals surface area contributed by atoms with E-state index in [2.05, 4.69) is 31.3 Å². The van der Waals surface area contributed by atoms with Crippen LogP contribution >= 0.6 is 39.1 Å². The minimum absolute atomic E-state index is 0.0385. The third-order valence-electron chi connectivity index (χ3n) is 4.35. The molecule has 0 fully saturated rings. The van der Waals surface area contributed by atoms with Crippen molar-refractivity contribution in [2.45, 2.75) is 6.92 Å². The molecule has 0 aliphatic carbocycles. The maximum atomic E-state index is 12.8. The van der Waals surface area contributed by atoms with E-state index >= 15 is 0 Å². The van der Waals surface area contributed by atoms with E-state index in [0.717, 1.165) is 15.6 Å². The Hall–Kier alpha value is -2.67. The second-order valence-corrected chi connectivity index (χ2v) is 8.33. The summed E-state index contributed by atoms with van der Waals surface area (Å²) in [5.41, 5.74) is 3.22. The molecule has 0 radical (unpaired) electrons. The lowest BCUT2D eigenvalue weighted by Gasteiger charge is -2.07. The lowest BCUT2D eigenvalue weighted by molar-refractivity contribution is 0.101. The van der Waals surface area contributed by atoms with Crippen LogP contribution in [0.1, 0.15) is 16.2 Å². The third kappa shape index (κ3) is 4.41. The molecule has 0 unspecified atom stereocenters. The molecule has 8 heteroatoms. The molecule has 0 atom stereocenters. The Kier molecular flexibility index (Phi) is 5.90. The summed E-state index contributed by atoms with van der Waals surface area (Å²) in [6, 6.07) is 20.3. The number of rotatable bonds is 4. The lowest BCUT2D eigenvalue weighted by atomic mass is 10.1. The van der Waals surface area contributed by atoms with Gasteiger partial charge in [-0.15, -0.1) is 5.10 Å². The molecule has 0 saturated heterocycles. The minimum Gasteiger partial charge on any atom is -0.319 e. The molecule has 0 aliphatic rings. The summed E-state index contributed by atoms with van der Waals surface area (Å²) in [7, 11) is 0. The summed E-state index contributed by atoms with van der Waals surface area (Å²) in [5, 5.41) is 8.09. The highest BCUT2D eigenvalue weighted by atomic mass is 79.9. The molecule has 1 aromatic heterocycles. The van der Waals surface area contributed by atoms with Crippen molar-refractivity contribution in [1.29, 1.82) is 0 Å². The van der Waals surface area contributed by atoms with Crippen LogP contribution < -0.4 is 5.32 Å². The Labute approximate surface area is 191 Å². The van der Waals surface area contributed by atoms with Crippen molar-refractivity contribution in [1.82, 2.24) is 14.8 Å². The van der Waals surface area contributed by atoms with Gasteiger partial charge < -0.3 is 5.32 Å². The van der Waals surface area contributed by atoms with Crippen molar-refractivity contribution in [3.63, 3.8) is 0 Å². The molecule has 4 aromatic rings. The van der Waals surface area contributed by atoms with Crippen molar-refractivity contribution < 1.29 is 4.79 Å². The fourth-order valence-electron chi connectivity index (χ4n) is 2.85. The molecule has 1 amide bonds. The standard InChI is InChI=1S/C22H15BrCl2N4O/c1-13-5-7-14(8-6-13)21-27-20(22(30)26-16-4-2-3-15(23)11-16)28-29(21)17-9-10-18(24)19(25)12-17/h2-12H,1H3,(H,26,30). The maximum Gasteiger partial charge on any atom is 0.295 e. The first-order chi connectivity index (χ1) is 14.4. The van der Waals surface area contributed by atoms with Crippen molar-refractivity contribution in [2.75, 3.05) is 5.32 Å². The Morgan fingerprint density at radius 3 is 2.47 bits per heavy atom. The average molecular weight is 502 g/mol. The van der Waals surface area contributed by atoms with E-state index in [-0.39, 0.29) is 5.82 Å². The van der Waals surface area contributed by atoms with E-state index in [0.29, 0.717) is 27.2 Å². The van der Waals surface area contributed by atoms with Crippen molar-refractivity contribution >= 4 is 50.7 Å². The highest BCUT2D eigenvalue weighted by molar-refractivity contribution is 9.10. The monoisotopic (exact) mass is 500 g/mol. The molecule has 1 heterocycles. The number of benzene rings is 3. The van der Waals surface area contributed by atoms with Gasteiger partial charge in [-0.25, -0.2) is 9.67 Å². The van der Waals surface area contributed by atoms with E-state index in [4.69, 9.17) is 23.2 Å². The zero-order valence-corrected chi connectivity index (χ0v) is 18.8. The van der Waals surface area contributed by atoms with E-state index in [1.54, 1.807) is 35.0 Å². The number of nitrogens with one attached hydrogen (secondary N) is 1. The van der Waals surface area contributed by atoms with E-state index in [9.17, 15) is 4.79 Å². The molecule has 150 valence electrons. The number of carbonyl (C=O) groups excluding carboxylic acids is 1. The van der Waals surface area contributed by atoms with Crippen molar-refractivity contribution in [2.24, 2.45) is 0 Å². The largest absolute Gasteiger partial charge is 0.319 e. The van der Waals surface area contributed by atoms with Gasteiger partial charge in [-0.1, -0.05) is 75.0 Å². The SMILES string of the molecule is Cc1ccc(-c2nc(C(=O)Nc3cccc(Br)c3)nn2-c2ccc(Cl)c(Cl)c2)cc1. The summed E-state index contributed by atoms with van der Waals surface area (Å²) >= 11 is 15.6. The van der Waals surface area contributed by atoms with Gasteiger partial charge in [0, 0.05) is 15.7 Å². The molecule has 1 N–H and O–H groups in total. The van der Waals surface area contributed by atoms with Gasteiger partial charge >= 0.3 is 0 Å². The molecule has 4 rings (SSSR count). The first-order valence-corrected chi connectivity index (χ1v) is 10.5. The molecule has 0 aliphatic heterocycles. The summed E-state index contributed by atoms with van der Waals surface area (Å²) in [4.78, 5) is 17.3. The highest BCUT2D eigenvalue weighted by Gasteiger charge is 2.19. The number of carbonyl (C=O) groups is 1. The number of hydrogen-bond donors (Lipinski definition) is 1. The minimum atomic E-state index is -0.416. The average Bonchev–Trinajstić information content (AvgIpc) is 3.16. The number of aryl methyl sites for hydroxylation is 1. The molecule has 5 nitrogen and oxygen atoms in total. The van der Waals surface area contributed by atoms with E-state index in [1.165, 1.54) is 0 Å². The molecule has 0 bridgehead atoms. The zero-order chi connectivity index (χ0) is 21.3. The molecule has 3 aromatic carbocycles. The number of halogens is 3. The van der Waals surface area contributed by atoms with Crippen LogP contribution in [-0.4, -0.2) is 20.7 Å². The van der Waals surface area contributed by atoms with Gasteiger partial charge in [0.25, 0.3) is 5.91 Å². The normalized spacial score (nSPS) is 10.8. The van der Waals surface area contributed by atoms with Crippen LogP contribution in [0.25, 0.3) is 17.1 Å². The fraction of sp³-hybridized carbons (Fsp3) is 0.0455. The number of aromatic nitrogens is 3. The van der Waals surface area contributed by atoms with Gasteiger partial charge in [-0.2, -0.15) is 0 Å². The Morgan fingerprint density at radius 1 is 1.00 bits per heavy atom. The van der Waals surface area contributed by atoms with Crippen LogP contribution in [0.15, 0.2) is 71.2 Å². The topological polar surface area (TPSA) is 59.8 Å². The molecule has 0 spiro atoms. The Bertz CT molecular complexity index is 1240. The molecule has 0 saturated carbocycles. The lowest BCUT2D eigenvalue weighted by Crippen LogP contribution is -2.14. The van der Waals surface area contributed by atoms with Crippen LogP contribution in [0.2, 0.25) is 10.0 Å². The van der Waals surface area contributed by atoms with Crippen LogP contribution in [0.3, 0.4) is 0 Å². The van der Waals surface area contributed by atoms with Crippen molar-refractivity contribution in [3.05, 3.63) is 92.6 Å². The van der Waals surface area contributed by atoms with Gasteiger partial charge in [0.2, 0.25) is 5.82 Å². The van der Waals surface area contributed by atoms with Gasteiger partial charge in [-0.05, 0) is 43.3 Å². The Balaban J connectivity index is 1.77. The van der Waals surface area contributed by atoms with Crippen LogP contribution in [-0.2, 0) is 0 Å². The molecule has 30 heavy (non-hydrogen) atoms. The fourth-order valence-corrected chi connectivity index (χ4v) is 3.54. The predicted molar refractivity (Wildman–Crippen MR) is 124 cm³/mol. The third-order valence-corrected chi connectivity index (χ3v) is 5.58. The molecular weight excluding hydrogens is 487 g/mol. The van der Waals surface area contributed by atoms with Crippen LogP contribution in [0.4, 0.5) is 5.69 Å². The Morgan fingerprint density at radius 2 is 1.77 bits per heavy atom. The second kappa shape index (κ2) is 8.60. The number of anilines is 1. The van der Waals surface area contributed by atoms with Gasteiger partial charge in [0.05, 0.1) is 15.7 Å². The predicted octanol–water partition coefficient (Wildman–Crippen LogP) is 6.56. The van der Waals surface area contributed by atoms with Crippen LogP contribution in [0.5, 0.6) is 0 Å². The van der Waals surface area contributed by atoms with E-state index in [1.807, 2.05) is 43.3 Å². The summed E-state index contributed by atoms with van der Waals surface area (Å²) in [6.45, 7) is 2.00. The smallest absolute Gasteiger partial charge is 0.295 e. The first kappa shape index (κ1) is 20.6. The summed E-state index contributed by atoms with van der Waals surface area (Å²) in [6.07, 6.45) is 0.